The van der Waals surface area contributed by atoms with Gasteiger partial charge in [0.05, 0.1) is 50.1 Å². The lowest BCUT2D eigenvalue weighted by molar-refractivity contribution is -0.143. The van der Waals surface area contributed by atoms with Crippen LogP contribution in [-0.4, -0.2) is 98.9 Å². The van der Waals surface area contributed by atoms with Crippen LogP contribution in [0, 0.1) is 25.7 Å². The van der Waals surface area contributed by atoms with Crippen molar-refractivity contribution in [2.75, 3.05) is 66.2 Å². The largest absolute Gasteiger partial charge is 0.416 e. The Morgan fingerprint density at radius 2 is 1.59 bits per heavy atom. The third-order valence-corrected chi connectivity index (χ3v) is 8.12. The van der Waals surface area contributed by atoms with Gasteiger partial charge in [0, 0.05) is 44.9 Å². The Morgan fingerprint density at radius 3 is 2.23 bits per heavy atom. The first-order valence-corrected chi connectivity index (χ1v) is 14.4. The van der Waals surface area contributed by atoms with Crippen LogP contribution < -0.4 is 0 Å². The Labute approximate surface area is 253 Å². The third-order valence-electron chi connectivity index (χ3n) is 8.12. The quantitative estimate of drug-likeness (QED) is 0.318. The number of piperazine rings is 1. The molecule has 240 valence electrons. The van der Waals surface area contributed by atoms with E-state index in [0.717, 1.165) is 23.2 Å². The van der Waals surface area contributed by atoms with E-state index in [0.29, 0.717) is 64.6 Å². The molecule has 2 aromatic carbocycles. The van der Waals surface area contributed by atoms with E-state index in [1.165, 1.54) is 4.90 Å². The molecule has 2 atom stereocenters. The van der Waals surface area contributed by atoms with Crippen molar-refractivity contribution < 1.29 is 40.6 Å². The predicted octanol–water partition coefficient (Wildman–Crippen LogP) is 5.06. The molecule has 0 bridgehead atoms. The van der Waals surface area contributed by atoms with Crippen LogP contribution in [0.5, 0.6) is 0 Å². The van der Waals surface area contributed by atoms with Crippen molar-refractivity contribution in [2.45, 2.75) is 44.7 Å². The fourth-order valence-corrected chi connectivity index (χ4v) is 5.52. The number of rotatable bonds is 7. The normalized spacial score (nSPS) is 20.3. The van der Waals surface area contributed by atoms with E-state index >= 15 is 0 Å². The van der Waals surface area contributed by atoms with Gasteiger partial charge in [0.2, 0.25) is 0 Å². The van der Waals surface area contributed by atoms with Gasteiger partial charge in [-0.1, -0.05) is 30.0 Å². The Balaban J connectivity index is 1.55. The topological polar surface area (TPSA) is 45.3 Å². The fraction of sp³-hybridized carbons (Fsp3) is 0.531. The van der Waals surface area contributed by atoms with E-state index in [1.807, 2.05) is 32.0 Å². The second kappa shape index (κ2) is 14.3. The number of hydrogen-bond acceptors (Lipinski definition) is 5. The molecule has 0 saturated carbocycles. The van der Waals surface area contributed by atoms with Gasteiger partial charge in [-0.3, -0.25) is 14.6 Å². The summed E-state index contributed by atoms with van der Waals surface area (Å²) < 4.78 is 92.0. The Hall–Kier alpha value is -3.11. The number of amides is 1. The van der Waals surface area contributed by atoms with Gasteiger partial charge in [0.25, 0.3) is 5.91 Å². The highest BCUT2D eigenvalue weighted by molar-refractivity contribution is 5.95. The molecule has 44 heavy (non-hydrogen) atoms. The molecule has 0 aromatic heterocycles. The molecule has 2 aromatic rings. The lowest BCUT2D eigenvalue weighted by atomic mass is 9.97. The maximum atomic E-state index is 13.6. The summed E-state index contributed by atoms with van der Waals surface area (Å²) >= 11 is 0. The average molecular weight is 626 g/mol. The zero-order chi connectivity index (χ0) is 32.1. The van der Waals surface area contributed by atoms with Crippen molar-refractivity contribution in [3.05, 3.63) is 69.8 Å². The highest BCUT2D eigenvalue weighted by Crippen LogP contribution is 2.37. The van der Waals surface area contributed by atoms with E-state index in [4.69, 9.17) is 9.47 Å². The maximum absolute atomic E-state index is 13.6. The van der Waals surface area contributed by atoms with Gasteiger partial charge in [-0.2, -0.15) is 26.3 Å². The van der Waals surface area contributed by atoms with Crippen molar-refractivity contribution in [3.8, 4) is 11.8 Å². The van der Waals surface area contributed by atoms with Crippen LogP contribution in [0.2, 0.25) is 0 Å². The highest BCUT2D eigenvalue weighted by Gasteiger charge is 2.39. The summed E-state index contributed by atoms with van der Waals surface area (Å²) in [5.74, 6) is 5.52. The van der Waals surface area contributed by atoms with Gasteiger partial charge in [0.15, 0.2) is 0 Å². The number of ether oxygens (including phenoxy) is 2. The zero-order valence-corrected chi connectivity index (χ0v) is 25.0. The smallest absolute Gasteiger partial charge is 0.383 e. The van der Waals surface area contributed by atoms with Crippen molar-refractivity contribution in [1.29, 1.82) is 0 Å². The first-order chi connectivity index (χ1) is 20.8. The van der Waals surface area contributed by atoms with Crippen LogP contribution in [0.15, 0.2) is 36.4 Å². The van der Waals surface area contributed by atoms with Crippen LogP contribution in [0.25, 0.3) is 0 Å². The summed E-state index contributed by atoms with van der Waals surface area (Å²) in [5.41, 5.74) is -0.617. The first-order valence-electron chi connectivity index (χ1n) is 14.4. The van der Waals surface area contributed by atoms with Gasteiger partial charge in [-0.25, -0.2) is 0 Å². The number of aryl methyl sites for hydroxylation is 2. The SMILES string of the molecule is COCC1COCCN1CC#CCN1CCN(C(=O)c2cc(C(F)(F)F)cc(C(F)(F)F)c2)[C@H](Cc2ccc(C)c(C)c2)C1. The van der Waals surface area contributed by atoms with Crippen LogP contribution in [0.1, 0.15) is 38.2 Å². The number of halogens is 6. The summed E-state index contributed by atoms with van der Waals surface area (Å²) in [4.78, 5) is 19.3. The highest BCUT2D eigenvalue weighted by atomic mass is 19.4. The number of carbonyl (C=O) groups excluding carboxylic acids is 1. The van der Waals surface area contributed by atoms with Gasteiger partial charge in [0.1, 0.15) is 0 Å². The molecule has 0 aliphatic carbocycles. The summed E-state index contributed by atoms with van der Waals surface area (Å²) in [7, 11) is 1.64. The van der Waals surface area contributed by atoms with Gasteiger partial charge in [-0.05, 0) is 55.2 Å². The molecular formula is C32H37F6N3O3. The number of nitrogens with zero attached hydrogens (tertiary/aromatic N) is 3. The Kier molecular flexibility index (Phi) is 11.0. The summed E-state index contributed by atoms with van der Waals surface area (Å²) in [5, 5.41) is 0. The number of methoxy groups -OCH3 is 1. The first kappa shape index (κ1) is 33.8. The van der Waals surface area contributed by atoms with Crippen molar-refractivity contribution in [3.63, 3.8) is 0 Å². The monoisotopic (exact) mass is 625 g/mol. The number of carbonyl (C=O) groups is 1. The van der Waals surface area contributed by atoms with Gasteiger partial charge < -0.3 is 14.4 Å². The molecule has 0 N–H and O–H groups in total. The number of alkyl halides is 6. The second-order valence-corrected chi connectivity index (χ2v) is 11.3. The van der Waals surface area contributed by atoms with Crippen molar-refractivity contribution >= 4 is 5.91 Å². The third kappa shape index (κ3) is 8.75. The standard InChI is InChI=1S/C32H37F6N3O3/c1-22-6-7-24(14-23(22)2)15-28-19-39(8-4-5-9-40-12-13-44-21-29(40)20-43-3)10-11-41(28)30(42)25-16-26(31(33,34)35)18-27(17-25)32(36,37)38/h6-7,14,16-18,28-29H,8-13,15,19-21H2,1-3H3/t28-,29?/m1/s1. The number of benzene rings is 2. The average Bonchev–Trinajstić information content (AvgIpc) is 2.97. The maximum Gasteiger partial charge on any atom is 0.416 e. The van der Waals surface area contributed by atoms with E-state index in [1.54, 1.807) is 7.11 Å². The molecule has 0 radical (unpaired) electrons. The van der Waals surface area contributed by atoms with E-state index in [2.05, 4.69) is 21.6 Å². The summed E-state index contributed by atoms with van der Waals surface area (Å²) in [6.07, 6.45) is -9.71. The van der Waals surface area contributed by atoms with E-state index in [9.17, 15) is 31.1 Å². The van der Waals surface area contributed by atoms with Crippen molar-refractivity contribution in [2.24, 2.45) is 0 Å². The van der Waals surface area contributed by atoms with E-state index < -0.39 is 41.0 Å². The Morgan fingerprint density at radius 1 is 0.909 bits per heavy atom. The molecule has 4 rings (SSSR count). The fourth-order valence-electron chi connectivity index (χ4n) is 5.52. The summed E-state index contributed by atoms with van der Waals surface area (Å²) in [6, 6.07) is 6.54. The molecule has 6 nitrogen and oxygen atoms in total. The van der Waals surface area contributed by atoms with Crippen LogP contribution >= 0.6 is 0 Å². The Bertz CT molecular complexity index is 1330. The molecule has 1 amide bonds. The molecular weight excluding hydrogens is 588 g/mol. The molecule has 2 heterocycles. The minimum atomic E-state index is -5.04. The van der Waals surface area contributed by atoms with E-state index in [-0.39, 0.29) is 18.7 Å². The molecule has 2 saturated heterocycles. The summed E-state index contributed by atoms with van der Waals surface area (Å²) in [6.45, 7) is 8.21. The minimum Gasteiger partial charge on any atom is -0.383 e. The number of morpholine rings is 1. The second-order valence-electron chi connectivity index (χ2n) is 11.3. The molecule has 12 heteroatoms. The number of hydrogen-bond donors (Lipinski definition) is 0. The minimum absolute atomic E-state index is 0.0361. The van der Waals surface area contributed by atoms with Crippen LogP contribution in [0.3, 0.4) is 0 Å². The van der Waals surface area contributed by atoms with Crippen LogP contribution in [-0.2, 0) is 28.2 Å². The zero-order valence-electron chi connectivity index (χ0n) is 25.0. The lowest BCUT2D eigenvalue weighted by Crippen LogP contribution is -2.56. The molecule has 1 unspecified atom stereocenters. The molecule has 2 aliphatic heterocycles. The molecule has 0 spiro atoms. The van der Waals surface area contributed by atoms with Crippen LogP contribution in [0.4, 0.5) is 26.3 Å². The van der Waals surface area contributed by atoms with Gasteiger partial charge in [-0.15, -0.1) is 0 Å². The predicted molar refractivity (Wildman–Crippen MR) is 153 cm³/mol. The van der Waals surface area contributed by atoms with Crippen molar-refractivity contribution in [1.82, 2.24) is 14.7 Å². The lowest BCUT2D eigenvalue weighted by Gasteiger charge is -2.41. The van der Waals surface area contributed by atoms with Gasteiger partial charge >= 0.3 is 12.4 Å². The molecule has 2 fully saturated rings. The molecule has 2 aliphatic rings.